The van der Waals surface area contributed by atoms with Gasteiger partial charge < -0.3 is 18.6 Å². The van der Waals surface area contributed by atoms with E-state index in [0.717, 1.165) is 38.5 Å². The van der Waals surface area contributed by atoms with Crippen LogP contribution in [0.3, 0.4) is 0 Å². The van der Waals surface area contributed by atoms with Gasteiger partial charge in [0.15, 0.2) is 14.1 Å². The van der Waals surface area contributed by atoms with Crippen LogP contribution < -0.4 is 0 Å². The summed E-state index contributed by atoms with van der Waals surface area (Å²) in [6.45, 7) is 17.1. The Bertz CT molecular complexity index is 856. The number of nitriles is 1. The minimum atomic E-state index is -1.95. The van der Waals surface area contributed by atoms with Gasteiger partial charge in [-0.15, -0.1) is 0 Å². The normalized spacial score (nSPS) is 41.4. The number of carbonyl (C=O) groups excluding carboxylic acids is 1. The Balaban J connectivity index is 1.60. The topological polar surface area (TPSA) is 77.8 Å². The van der Waals surface area contributed by atoms with Crippen molar-refractivity contribution in [3.8, 4) is 6.07 Å². The average Bonchev–Trinajstić information content (AvgIpc) is 3.39. The fourth-order valence-corrected chi connectivity index (χ4v) is 9.30. The maximum absolute atomic E-state index is 13.2. The average molecular weight is 506 g/mol. The summed E-state index contributed by atoms with van der Waals surface area (Å²) in [5, 5.41) is 10.6. The first-order valence-corrected chi connectivity index (χ1v) is 16.6. The second-order valence-corrected chi connectivity index (χ2v) is 18.4. The Hall–Kier alpha value is -0.943. The van der Waals surface area contributed by atoms with Gasteiger partial charge in [0, 0.05) is 17.9 Å². The number of fused-ring (bicyclic) bond motifs is 2. The van der Waals surface area contributed by atoms with Crippen molar-refractivity contribution in [2.24, 2.45) is 34.5 Å². The SMILES string of the molecule is COC(=O)[C@H]1CC(O[Si](C)(C)C(C)(C)C)CC[C@]1(C)[C@H]1CC[C@@]2(C)[C@@H](CCC23OCCO3)[C@@H]1C#N. The molecule has 198 valence electrons. The van der Waals surface area contributed by atoms with Gasteiger partial charge in [0.25, 0.3) is 0 Å². The highest BCUT2D eigenvalue weighted by Crippen LogP contribution is 2.66. The summed E-state index contributed by atoms with van der Waals surface area (Å²) in [6, 6.07) is 2.74. The van der Waals surface area contributed by atoms with Crippen LogP contribution >= 0.6 is 0 Å². The molecule has 1 heterocycles. The Morgan fingerprint density at radius 2 is 1.66 bits per heavy atom. The molecule has 4 rings (SSSR count). The Kier molecular flexibility index (Phi) is 7.06. The molecule has 3 saturated carbocycles. The molecule has 35 heavy (non-hydrogen) atoms. The van der Waals surface area contributed by atoms with Crippen molar-refractivity contribution >= 4 is 14.3 Å². The lowest BCUT2D eigenvalue weighted by Gasteiger charge is -2.56. The third-order valence-electron chi connectivity index (χ3n) is 11.1. The molecule has 7 heteroatoms. The van der Waals surface area contributed by atoms with Crippen LogP contribution in [0, 0.1) is 45.8 Å². The van der Waals surface area contributed by atoms with Crippen molar-refractivity contribution in [2.45, 2.75) is 110 Å². The van der Waals surface area contributed by atoms with Crippen LogP contribution in [-0.4, -0.2) is 46.5 Å². The van der Waals surface area contributed by atoms with Gasteiger partial charge in [-0.2, -0.15) is 5.26 Å². The van der Waals surface area contributed by atoms with Crippen molar-refractivity contribution in [1.29, 1.82) is 5.26 Å². The first-order chi connectivity index (χ1) is 16.2. The maximum Gasteiger partial charge on any atom is 0.309 e. The lowest BCUT2D eigenvalue weighted by Crippen LogP contribution is -2.56. The molecule has 0 aromatic carbocycles. The molecule has 0 bridgehead atoms. The number of methoxy groups -OCH3 is 1. The van der Waals surface area contributed by atoms with E-state index in [9.17, 15) is 10.1 Å². The zero-order valence-electron chi connectivity index (χ0n) is 23.2. The third-order valence-corrected chi connectivity index (χ3v) is 15.7. The van der Waals surface area contributed by atoms with Gasteiger partial charge in [-0.3, -0.25) is 4.79 Å². The Morgan fingerprint density at radius 3 is 2.23 bits per heavy atom. The van der Waals surface area contributed by atoms with Crippen molar-refractivity contribution in [3.05, 3.63) is 0 Å². The molecule has 0 radical (unpaired) electrons. The molecule has 7 atom stereocenters. The van der Waals surface area contributed by atoms with E-state index in [1.54, 1.807) is 0 Å². The summed E-state index contributed by atoms with van der Waals surface area (Å²) in [7, 11) is -0.455. The summed E-state index contributed by atoms with van der Waals surface area (Å²) in [4.78, 5) is 13.2. The molecule has 1 saturated heterocycles. The summed E-state index contributed by atoms with van der Waals surface area (Å²) in [5.41, 5.74) is -0.435. The first-order valence-electron chi connectivity index (χ1n) is 13.7. The molecule has 4 aliphatic rings. The summed E-state index contributed by atoms with van der Waals surface area (Å²) < 4.78 is 24.6. The molecule has 4 fully saturated rings. The van der Waals surface area contributed by atoms with Gasteiger partial charge in [0.1, 0.15) is 0 Å². The van der Waals surface area contributed by atoms with Gasteiger partial charge in [-0.1, -0.05) is 34.6 Å². The largest absolute Gasteiger partial charge is 0.469 e. The number of carbonyl (C=O) groups is 1. The van der Waals surface area contributed by atoms with Crippen LogP contribution in [0.1, 0.15) is 79.6 Å². The lowest BCUT2D eigenvalue weighted by molar-refractivity contribution is -0.241. The predicted molar refractivity (Wildman–Crippen MR) is 137 cm³/mol. The van der Waals surface area contributed by atoms with E-state index >= 15 is 0 Å². The summed E-state index contributed by atoms with van der Waals surface area (Å²) in [6.07, 6.45) is 6.26. The van der Waals surface area contributed by atoms with Gasteiger partial charge in [0.2, 0.25) is 0 Å². The van der Waals surface area contributed by atoms with Gasteiger partial charge in [-0.25, -0.2) is 0 Å². The van der Waals surface area contributed by atoms with Crippen molar-refractivity contribution in [2.75, 3.05) is 20.3 Å². The molecule has 0 aromatic heterocycles. The van der Waals surface area contributed by atoms with E-state index in [1.165, 1.54) is 7.11 Å². The zero-order valence-corrected chi connectivity index (χ0v) is 24.2. The molecule has 0 N–H and O–H groups in total. The van der Waals surface area contributed by atoms with Crippen LogP contribution in [-0.2, 0) is 23.4 Å². The number of nitrogens with zero attached hydrogens (tertiary/aromatic N) is 1. The fraction of sp³-hybridized carbons (Fsp3) is 0.929. The van der Waals surface area contributed by atoms with E-state index in [4.69, 9.17) is 18.6 Å². The second-order valence-electron chi connectivity index (χ2n) is 13.7. The molecular formula is C28H47NO5Si. The van der Waals surface area contributed by atoms with E-state index in [2.05, 4.69) is 53.8 Å². The number of hydrogen-bond acceptors (Lipinski definition) is 6. The van der Waals surface area contributed by atoms with E-state index in [1.807, 2.05) is 0 Å². The van der Waals surface area contributed by atoms with Crippen molar-refractivity contribution in [3.63, 3.8) is 0 Å². The van der Waals surface area contributed by atoms with Crippen LogP contribution in [0.5, 0.6) is 0 Å². The minimum Gasteiger partial charge on any atom is -0.469 e. The highest BCUT2D eigenvalue weighted by atomic mass is 28.4. The molecular weight excluding hydrogens is 458 g/mol. The fourth-order valence-electron chi connectivity index (χ4n) is 7.90. The lowest BCUT2D eigenvalue weighted by atomic mass is 9.49. The number of rotatable bonds is 4. The molecule has 0 amide bonds. The monoisotopic (exact) mass is 505 g/mol. The van der Waals surface area contributed by atoms with Crippen molar-refractivity contribution in [1.82, 2.24) is 0 Å². The molecule has 6 nitrogen and oxygen atoms in total. The van der Waals surface area contributed by atoms with E-state index in [-0.39, 0.29) is 51.6 Å². The Labute approximate surface area is 213 Å². The summed E-state index contributed by atoms with van der Waals surface area (Å²) >= 11 is 0. The van der Waals surface area contributed by atoms with E-state index < -0.39 is 14.1 Å². The van der Waals surface area contributed by atoms with Crippen LogP contribution in [0.2, 0.25) is 18.1 Å². The number of ether oxygens (including phenoxy) is 3. The highest BCUT2D eigenvalue weighted by Gasteiger charge is 2.67. The highest BCUT2D eigenvalue weighted by molar-refractivity contribution is 6.74. The molecule has 0 aromatic rings. The number of hydrogen-bond donors (Lipinski definition) is 0. The Morgan fingerprint density at radius 1 is 1.03 bits per heavy atom. The maximum atomic E-state index is 13.2. The smallest absolute Gasteiger partial charge is 0.309 e. The van der Waals surface area contributed by atoms with E-state index in [0.29, 0.717) is 19.6 Å². The molecule has 1 aliphatic heterocycles. The van der Waals surface area contributed by atoms with Gasteiger partial charge in [0.05, 0.1) is 38.2 Å². The minimum absolute atomic E-state index is 0.0671. The van der Waals surface area contributed by atoms with Crippen LogP contribution in [0.25, 0.3) is 0 Å². The molecule has 1 unspecified atom stereocenters. The van der Waals surface area contributed by atoms with Gasteiger partial charge in [-0.05, 0) is 73.9 Å². The predicted octanol–water partition coefficient (Wildman–Crippen LogP) is 6.07. The summed E-state index contributed by atoms with van der Waals surface area (Å²) in [5.74, 6) is -0.673. The standard InChI is InChI=1S/C28H47NO5Si/c1-25(2,3)35(7,8)34-19-9-12-26(4,23(17-19)24(30)31-6)21-10-13-27(5)22(20(21)18-29)11-14-28(27)32-15-16-33-28/h19-23H,9-17H2,1-8H3/t19?,20-,21+,22+,23-,26-,27+/m1/s1. The first kappa shape index (κ1) is 27.1. The van der Waals surface area contributed by atoms with Crippen molar-refractivity contribution < 1.29 is 23.4 Å². The van der Waals surface area contributed by atoms with Gasteiger partial charge >= 0.3 is 5.97 Å². The molecule has 1 spiro atoms. The van der Waals surface area contributed by atoms with Crippen LogP contribution in [0.15, 0.2) is 0 Å². The third kappa shape index (κ3) is 4.21. The second kappa shape index (κ2) is 9.11. The number of esters is 1. The molecule has 3 aliphatic carbocycles. The zero-order chi connectivity index (χ0) is 25.9. The quantitative estimate of drug-likeness (QED) is 0.341. The van der Waals surface area contributed by atoms with Crippen LogP contribution in [0.4, 0.5) is 0 Å².